The SMILES string of the molecule is CCC(C)NC(=O)COCC1CCCCN1. The van der Waals surface area contributed by atoms with Crippen LogP contribution in [0, 0.1) is 0 Å². The van der Waals surface area contributed by atoms with Crippen molar-refractivity contribution in [2.75, 3.05) is 19.8 Å². The molecule has 0 aromatic heterocycles. The predicted octanol–water partition coefficient (Wildman–Crippen LogP) is 1.06. The molecule has 4 nitrogen and oxygen atoms in total. The van der Waals surface area contributed by atoms with E-state index in [0.717, 1.165) is 19.4 Å². The van der Waals surface area contributed by atoms with Gasteiger partial charge in [0, 0.05) is 12.1 Å². The van der Waals surface area contributed by atoms with E-state index in [2.05, 4.69) is 17.6 Å². The Bertz CT molecular complexity index is 203. The summed E-state index contributed by atoms with van der Waals surface area (Å²) < 4.78 is 5.41. The summed E-state index contributed by atoms with van der Waals surface area (Å²) in [6.07, 6.45) is 4.63. The first kappa shape index (κ1) is 13.5. The van der Waals surface area contributed by atoms with Crippen molar-refractivity contribution >= 4 is 5.91 Å². The van der Waals surface area contributed by atoms with E-state index in [9.17, 15) is 4.79 Å². The highest BCUT2D eigenvalue weighted by Gasteiger charge is 2.13. The molecule has 1 fully saturated rings. The monoisotopic (exact) mass is 228 g/mol. The van der Waals surface area contributed by atoms with Crippen LogP contribution in [0.4, 0.5) is 0 Å². The quantitative estimate of drug-likeness (QED) is 0.714. The van der Waals surface area contributed by atoms with E-state index in [4.69, 9.17) is 4.74 Å². The first-order chi connectivity index (χ1) is 7.72. The number of ether oxygens (including phenoxy) is 1. The summed E-state index contributed by atoms with van der Waals surface area (Å²) in [5, 5.41) is 6.27. The Morgan fingerprint density at radius 3 is 3.00 bits per heavy atom. The first-order valence-corrected chi connectivity index (χ1v) is 6.33. The van der Waals surface area contributed by atoms with Crippen LogP contribution in [-0.4, -0.2) is 37.7 Å². The van der Waals surface area contributed by atoms with Crippen LogP contribution in [-0.2, 0) is 9.53 Å². The van der Waals surface area contributed by atoms with Gasteiger partial charge in [0.25, 0.3) is 0 Å². The van der Waals surface area contributed by atoms with Crippen molar-refractivity contribution in [3.05, 3.63) is 0 Å². The van der Waals surface area contributed by atoms with Gasteiger partial charge in [-0.1, -0.05) is 13.3 Å². The van der Waals surface area contributed by atoms with Gasteiger partial charge < -0.3 is 15.4 Å². The van der Waals surface area contributed by atoms with E-state index in [1.807, 2.05) is 6.92 Å². The highest BCUT2D eigenvalue weighted by Crippen LogP contribution is 2.06. The van der Waals surface area contributed by atoms with Crippen molar-refractivity contribution in [1.82, 2.24) is 10.6 Å². The van der Waals surface area contributed by atoms with Crippen molar-refractivity contribution in [1.29, 1.82) is 0 Å². The number of hydrogen-bond donors (Lipinski definition) is 2. The molecule has 0 radical (unpaired) electrons. The lowest BCUT2D eigenvalue weighted by Gasteiger charge is -2.23. The van der Waals surface area contributed by atoms with Gasteiger partial charge in [-0.2, -0.15) is 0 Å². The zero-order valence-corrected chi connectivity index (χ0v) is 10.4. The molecule has 1 amide bonds. The maximum Gasteiger partial charge on any atom is 0.246 e. The fourth-order valence-electron chi connectivity index (χ4n) is 1.78. The highest BCUT2D eigenvalue weighted by molar-refractivity contribution is 5.77. The second kappa shape index (κ2) is 7.63. The fraction of sp³-hybridized carbons (Fsp3) is 0.917. The lowest BCUT2D eigenvalue weighted by molar-refractivity contribution is -0.126. The molecule has 0 aliphatic carbocycles. The summed E-state index contributed by atoms with van der Waals surface area (Å²) in [7, 11) is 0. The Morgan fingerprint density at radius 1 is 1.56 bits per heavy atom. The molecule has 0 aromatic rings. The van der Waals surface area contributed by atoms with E-state index in [-0.39, 0.29) is 18.6 Å². The average Bonchev–Trinajstić information content (AvgIpc) is 2.30. The van der Waals surface area contributed by atoms with Crippen molar-refractivity contribution in [3.8, 4) is 0 Å². The lowest BCUT2D eigenvalue weighted by Crippen LogP contribution is -2.39. The Morgan fingerprint density at radius 2 is 2.38 bits per heavy atom. The minimum atomic E-state index is -0.00911. The van der Waals surface area contributed by atoms with Gasteiger partial charge in [0.2, 0.25) is 5.91 Å². The van der Waals surface area contributed by atoms with Gasteiger partial charge in [0.15, 0.2) is 0 Å². The molecule has 0 aromatic carbocycles. The number of nitrogens with one attached hydrogen (secondary N) is 2. The lowest BCUT2D eigenvalue weighted by atomic mass is 10.1. The van der Waals surface area contributed by atoms with Crippen molar-refractivity contribution in [3.63, 3.8) is 0 Å². The normalized spacial score (nSPS) is 22.8. The minimum Gasteiger partial charge on any atom is -0.370 e. The summed E-state index contributed by atoms with van der Waals surface area (Å²) in [4.78, 5) is 11.4. The van der Waals surface area contributed by atoms with Gasteiger partial charge >= 0.3 is 0 Å². The average molecular weight is 228 g/mol. The molecule has 1 saturated heterocycles. The number of carbonyl (C=O) groups is 1. The van der Waals surface area contributed by atoms with Crippen LogP contribution in [0.3, 0.4) is 0 Å². The molecule has 1 aliphatic heterocycles. The van der Waals surface area contributed by atoms with E-state index in [0.29, 0.717) is 12.6 Å². The zero-order valence-electron chi connectivity index (χ0n) is 10.4. The summed E-state index contributed by atoms with van der Waals surface area (Å²) in [5.41, 5.74) is 0. The van der Waals surface area contributed by atoms with E-state index in [1.54, 1.807) is 0 Å². The number of piperidine rings is 1. The van der Waals surface area contributed by atoms with Crippen molar-refractivity contribution < 1.29 is 9.53 Å². The third-order valence-electron chi connectivity index (χ3n) is 2.98. The first-order valence-electron chi connectivity index (χ1n) is 6.33. The molecule has 0 saturated carbocycles. The van der Waals surface area contributed by atoms with Gasteiger partial charge in [-0.15, -0.1) is 0 Å². The summed E-state index contributed by atoms with van der Waals surface area (Å²) in [6, 6.07) is 0.675. The summed E-state index contributed by atoms with van der Waals surface area (Å²) in [6.45, 7) is 5.96. The maximum absolute atomic E-state index is 11.4. The van der Waals surface area contributed by atoms with Crippen LogP contribution in [0.1, 0.15) is 39.5 Å². The minimum absolute atomic E-state index is 0.00911. The van der Waals surface area contributed by atoms with Crippen LogP contribution in [0.15, 0.2) is 0 Å². The van der Waals surface area contributed by atoms with E-state index >= 15 is 0 Å². The standard InChI is InChI=1S/C12H24N2O2/c1-3-10(2)14-12(15)9-16-8-11-6-4-5-7-13-11/h10-11,13H,3-9H2,1-2H3,(H,14,15). The summed E-state index contributed by atoms with van der Waals surface area (Å²) in [5.74, 6) is -0.00911. The molecule has 1 heterocycles. The number of carbonyl (C=O) groups excluding carboxylic acids is 1. The molecular formula is C12H24N2O2. The van der Waals surface area contributed by atoms with Crippen LogP contribution >= 0.6 is 0 Å². The molecule has 1 rings (SSSR count). The van der Waals surface area contributed by atoms with E-state index < -0.39 is 0 Å². The molecule has 1 aliphatic rings. The second-order valence-corrected chi connectivity index (χ2v) is 4.54. The predicted molar refractivity (Wildman–Crippen MR) is 64.4 cm³/mol. The zero-order chi connectivity index (χ0) is 11.8. The molecular weight excluding hydrogens is 204 g/mol. The van der Waals surface area contributed by atoms with Gasteiger partial charge in [0.05, 0.1) is 6.61 Å². The molecule has 4 heteroatoms. The van der Waals surface area contributed by atoms with Crippen LogP contribution in [0.2, 0.25) is 0 Å². The smallest absolute Gasteiger partial charge is 0.246 e. The molecule has 2 N–H and O–H groups in total. The third-order valence-corrected chi connectivity index (χ3v) is 2.98. The van der Waals surface area contributed by atoms with Crippen LogP contribution < -0.4 is 10.6 Å². The van der Waals surface area contributed by atoms with Crippen molar-refractivity contribution in [2.24, 2.45) is 0 Å². The third kappa shape index (κ3) is 5.47. The Balaban J connectivity index is 2.03. The largest absolute Gasteiger partial charge is 0.370 e. The topological polar surface area (TPSA) is 50.4 Å². The molecule has 94 valence electrons. The maximum atomic E-state index is 11.4. The molecule has 16 heavy (non-hydrogen) atoms. The van der Waals surface area contributed by atoms with Crippen LogP contribution in [0.25, 0.3) is 0 Å². The van der Waals surface area contributed by atoms with Crippen LogP contribution in [0.5, 0.6) is 0 Å². The van der Waals surface area contributed by atoms with Crippen molar-refractivity contribution in [2.45, 2.75) is 51.6 Å². The Hall–Kier alpha value is -0.610. The molecule has 0 bridgehead atoms. The summed E-state index contributed by atoms with van der Waals surface area (Å²) >= 11 is 0. The Kier molecular flexibility index (Phi) is 6.42. The molecule has 2 unspecified atom stereocenters. The van der Waals surface area contributed by atoms with E-state index in [1.165, 1.54) is 12.8 Å². The molecule has 0 spiro atoms. The van der Waals surface area contributed by atoms with Gasteiger partial charge in [-0.3, -0.25) is 4.79 Å². The highest BCUT2D eigenvalue weighted by atomic mass is 16.5. The molecule has 2 atom stereocenters. The second-order valence-electron chi connectivity index (χ2n) is 4.54. The van der Waals surface area contributed by atoms with Gasteiger partial charge in [0.1, 0.15) is 6.61 Å². The van der Waals surface area contributed by atoms with Gasteiger partial charge in [-0.25, -0.2) is 0 Å². The number of amides is 1. The number of rotatable bonds is 6. The number of hydrogen-bond acceptors (Lipinski definition) is 3. The van der Waals surface area contributed by atoms with Gasteiger partial charge in [-0.05, 0) is 32.7 Å². The fourth-order valence-corrected chi connectivity index (χ4v) is 1.78. The Labute approximate surface area is 98.1 Å².